The summed E-state index contributed by atoms with van der Waals surface area (Å²) in [5, 5.41) is 11.6. The fourth-order valence-corrected chi connectivity index (χ4v) is 10.4. The van der Waals surface area contributed by atoms with Gasteiger partial charge < -0.3 is 13.6 Å². The van der Waals surface area contributed by atoms with Crippen LogP contribution in [0.2, 0.25) is 0 Å². The van der Waals surface area contributed by atoms with Crippen molar-refractivity contribution in [3.8, 4) is 33.8 Å². The lowest BCUT2D eigenvalue weighted by Gasteiger charge is -2.12. The molecule has 0 fully saturated rings. The predicted octanol–water partition coefficient (Wildman–Crippen LogP) is 15.4. The molecule has 0 spiro atoms. The SMILES string of the molecule is c1ccc(-c2cccc3c2oc2c(-n4c5ccccc5c5c6c7ccccc7n(-c7cccc(-c8cnc9c%10ccccc%10c%10ccccc%10c9n8)c7)c6ccc54)cccc23)cc1. The van der Waals surface area contributed by atoms with Crippen LogP contribution in [-0.2, 0) is 0 Å². The Kier molecular flexibility index (Phi) is 7.05. The normalized spacial score (nSPS) is 12.1. The average molecular weight is 803 g/mol. The third-order valence-electron chi connectivity index (χ3n) is 13.1. The van der Waals surface area contributed by atoms with Gasteiger partial charge in [0.1, 0.15) is 5.58 Å². The van der Waals surface area contributed by atoms with E-state index in [-0.39, 0.29) is 0 Å². The summed E-state index contributed by atoms with van der Waals surface area (Å²) in [6.45, 7) is 0. The van der Waals surface area contributed by atoms with Crippen molar-refractivity contribution in [3.63, 3.8) is 0 Å². The van der Waals surface area contributed by atoms with Gasteiger partial charge in [-0.1, -0.05) is 158 Å². The van der Waals surface area contributed by atoms with Crippen molar-refractivity contribution in [2.75, 3.05) is 0 Å². The molecule has 0 aliphatic rings. The number of nitrogens with zero attached hydrogens (tertiary/aromatic N) is 4. The summed E-state index contributed by atoms with van der Waals surface area (Å²) in [5.74, 6) is 0. The molecule has 0 saturated carbocycles. The van der Waals surface area contributed by atoms with Crippen LogP contribution in [0.3, 0.4) is 0 Å². The third kappa shape index (κ3) is 4.82. The number of hydrogen-bond acceptors (Lipinski definition) is 3. The molecule has 4 heterocycles. The van der Waals surface area contributed by atoms with Gasteiger partial charge in [-0.2, -0.15) is 0 Å². The molecule has 14 rings (SSSR count). The van der Waals surface area contributed by atoms with Gasteiger partial charge in [-0.3, -0.25) is 4.98 Å². The topological polar surface area (TPSA) is 48.8 Å². The summed E-state index contributed by atoms with van der Waals surface area (Å²) in [4.78, 5) is 10.4. The van der Waals surface area contributed by atoms with Crippen molar-refractivity contribution in [1.29, 1.82) is 0 Å². The lowest BCUT2D eigenvalue weighted by atomic mass is 9.99. The average Bonchev–Trinajstić information content (AvgIpc) is 4.02. The summed E-state index contributed by atoms with van der Waals surface area (Å²) in [6.07, 6.45) is 1.93. The van der Waals surface area contributed by atoms with Gasteiger partial charge in [-0.05, 0) is 58.8 Å². The zero-order chi connectivity index (χ0) is 41.2. The number of hydrogen-bond donors (Lipinski definition) is 0. The van der Waals surface area contributed by atoms with E-state index in [2.05, 4.69) is 209 Å². The number of benzene rings is 10. The molecule has 10 aromatic carbocycles. The zero-order valence-corrected chi connectivity index (χ0v) is 33.8. The molecule has 0 unspecified atom stereocenters. The zero-order valence-electron chi connectivity index (χ0n) is 33.8. The number of para-hydroxylation sites is 4. The van der Waals surface area contributed by atoms with Gasteiger partial charge in [0, 0.05) is 59.9 Å². The smallest absolute Gasteiger partial charge is 0.159 e. The molecule has 0 aliphatic carbocycles. The van der Waals surface area contributed by atoms with E-state index >= 15 is 0 Å². The first-order valence-electron chi connectivity index (χ1n) is 21.4. The van der Waals surface area contributed by atoms with Crippen LogP contribution in [0, 0.1) is 0 Å². The molecule has 4 aromatic heterocycles. The van der Waals surface area contributed by atoms with Crippen molar-refractivity contribution >= 4 is 98.1 Å². The van der Waals surface area contributed by atoms with Crippen LogP contribution in [0.4, 0.5) is 0 Å². The Hall–Kier alpha value is -8.54. The Morgan fingerprint density at radius 2 is 0.905 bits per heavy atom. The first-order chi connectivity index (χ1) is 31.3. The van der Waals surface area contributed by atoms with E-state index in [1.54, 1.807) is 0 Å². The second kappa shape index (κ2) is 13.0. The maximum atomic E-state index is 6.99. The van der Waals surface area contributed by atoms with Crippen molar-refractivity contribution < 1.29 is 4.42 Å². The van der Waals surface area contributed by atoms with E-state index in [9.17, 15) is 0 Å². The van der Waals surface area contributed by atoms with E-state index in [0.29, 0.717) is 0 Å². The van der Waals surface area contributed by atoms with Crippen molar-refractivity contribution in [3.05, 3.63) is 206 Å². The van der Waals surface area contributed by atoms with Crippen molar-refractivity contribution in [1.82, 2.24) is 19.1 Å². The molecule has 0 saturated heterocycles. The van der Waals surface area contributed by atoms with Gasteiger partial charge in [-0.15, -0.1) is 0 Å². The van der Waals surface area contributed by atoms with Crippen LogP contribution in [0.5, 0.6) is 0 Å². The second-order valence-corrected chi connectivity index (χ2v) is 16.5. The molecule has 63 heavy (non-hydrogen) atoms. The number of furan rings is 1. The lowest BCUT2D eigenvalue weighted by molar-refractivity contribution is 0.667. The first-order valence-corrected chi connectivity index (χ1v) is 21.4. The van der Waals surface area contributed by atoms with Crippen LogP contribution < -0.4 is 0 Å². The summed E-state index contributed by atoms with van der Waals surface area (Å²) < 4.78 is 11.8. The van der Waals surface area contributed by atoms with Gasteiger partial charge in [-0.25, -0.2) is 4.98 Å². The lowest BCUT2D eigenvalue weighted by Crippen LogP contribution is -1.96. The standard InChI is InChI=1S/C58H34N4O/c1-2-15-35(16-3-1)38-25-13-26-43-44-27-14-30-52(58(44)63-57(38)43)62-49-29-11-9-24-46(49)54-51(62)32-31-50-53(54)45-23-8-10-28-48(45)61(50)37-18-12-17-36(33-37)47-34-59-55-41-21-6-4-19-39(41)40-20-5-7-22-42(40)56(55)60-47/h1-34H. The van der Waals surface area contributed by atoms with Gasteiger partial charge in [0.05, 0.1) is 50.7 Å². The maximum absolute atomic E-state index is 6.99. The van der Waals surface area contributed by atoms with E-state index in [0.717, 1.165) is 99.6 Å². The minimum Gasteiger partial charge on any atom is -0.453 e. The van der Waals surface area contributed by atoms with E-state index in [4.69, 9.17) is 14.4 Å². The number of aromatic nitrogens is 4. The second-order valence-electron chi connectivity index (χ2n) is 16.5. The molecule has 0 N–H and O–H groups in total. The van der Waals surface area contributed by atoms with E-state index < -0.39 is 0 Å². The Balaban J connectivity index is 0.992. The van der Waals surface area contributed by atoms with Crippen LogP contribution in [0.1, 0.15) is 0 Å². The summed E-state index contributed by atoms with van der Waals surface area (Å²) >= 11 is 0. The molecule has 14 aromatic rings. The molecule has 0 amide bonds. The first kappa shape index (κ1) is 34.2. The Morgan fingerprint density at radius 3 is 1.63 bits per heavy atom. The molecule has 0 aliphatic heterocycles. The number of rotatable bonds is 4. The third-order valence-corrected chi connectivity index (χ3v) is 13.1. The highest BCUT2D eigenvalue weighted by atomic mass is 16.3. The fourth-order valence-electron chi connectivity index (χ4n) is 10.4. The Bertz CT molecular complexity index is 4180. The number of fused-ring (bicyclic) bond motifs is 16. The highest BCUT2D eigenvalue weighted by Crippen LogP contribution is 2.45. The molecule has 0 bridgehead atoms. The maximum Gasteiger partial charge on any atom is 0.159 e. The van der Waals surface area contributed by atoms with Gasteiger partial charge >= 0.3 is 0 Å². The quantitative estimate of drug-likeness (QED) is 0.167. The summed E-state index contributed by atoms with van der Waals surface area (Å²) in [6, 6.07) is 71.4. The van der Waals surface area contributed by atoms with Gasteiger partial charge in [0.2, 0.25) is 0 Å². The molecule has 0 radical (unpaired) electrons. The van der Waals surface area contributed by atoms with Crippen LogP contribution in [0.15, 0.2) is 211 Å². The Morgan fingerprint density at radius 1 is 0.365 bits per heavy atom. The minimum atomic E-state index is 0.840. The van der Waals surface area contributed by atoms with E-state index in [1.165, 1.54) is 32.3 Å². The monoisotopic (exact) mass is 802 g/mol. The molecule has 0 atom stereocenters. The van der Waals surface area contributed by atoms with Crippen LogP contribution >= 0.6 is 0 Å². The van der Waals surface area contributed by atoms with Gasteiger partial charge in [0.15, 0.2) is 5.58 Å². The fraction of sp³-hybridized carbons (Fsp3) is 0. The largest absolute Gasteiger partial charge is 0.453 e. The Labute approximate surface area is 360 Å². The molecular weight excluding hydrogens is 769 g/mol. The highest BCUT2D eigenvalue weighted by molar-refractivity contribution is 6.29. The molecular formula is C58H34N4O. The van der Waals surface area contributed by atoms with Crippen molar-refractivity contribution in [2.24, 2.45) is 0 Å². The minimum absolute atomic E-state index is 0.840. The summed E-state index contributed by atoms with van der Waals surface area (Å²) in [7, 11) is 0. The van der Waals surface area contributed by atoms with Crippen LogP contribution in [0.25, 0.3) is 132 Å². The molecule has 292 valence electrons. The molecule has 5 nitrogen and oxygen atoms in total. The van der Waals surface area contributed by atoms with Gasteiger partial charge in [0.25, 0.3) is 0 Å². The predicted molar refractivity (Wildman–Crippen MR) is 261 cm³/mol. The summed E-state index contributed by atoms with van der Waals surface area (Å²) in [5.41, 5.74) is 14.3. The highest BCUT2D eigenvalue weighted by Gasteiger charge is 2.23. The van der Waals surface area contributed by atoms with E-state index in [1.807, 2.05) is 6.20 Å². The molecule has 5 heteroatoms. The van der Waals surface area contributed by atoms with Crippen LogP contribution in [-0.4, -0.2) is 19.1 Å². The van der Waals surface area contributed by atoms with Crippen molar-refractivity contribution in [2.45, 2.75) is 0 Å².